The molecule has 2 aromatic rings. The zero-order valence-electron chi connectivity index (χ0n) is 33.4. The molecular weight excluding hydrogens is 633 g/mol. The third-order valence-electron chi connectivity index (χ3n) is 12.3. The SMILES string of the molecule is CC(C)C(N)(c1cc(S(=O)(=O)c2cc(C(N)(C(C)C)C(C)C)c(O)c(C(N)(C(C)C)C(C)C)c2)cc(C(N)(C(C)C)C(C)C)c1O)C(C)C. The molecule has 0 heterocycles. The van der Waals surface area contributed by atoms with Crippen LogP contribution in [-0.4, -0.2) is 18.6 Å². The second kappa shape index (κ2) is 14.5. The summed E-state index contributed by atoms with van der Waals surface area (Å²) in [6.07, 6.45) is 0. The molecule has 2 aromatic carbocycles. The van der Waals surface area contributed by atoms with Gasteiger partial charge in [0.2, 0.25) is 9.84 Å². The molecule has 8 nitrogen and oxygen atoms in total. The van der Waals surface area contributed by atoms with Gasteiger partial charge in [-0.2, -0.15) is 0 Å². The van der Waals surface area contributed by atoms with E-state index in [0.717, 1.165) is 0 Å². The van der Waals surface area contributed by atoms with Crippen molar-refractivity contribution < 1.29 is 18.6 Å². The lowest BCUT2D eigenvalue weighted by molar-refractivity contribution is 0.204. The number of sulfone groups is 1. The van der Waals surface area contributed by atoms with Gasteiger partial charge in [-0.15, -0.1) is 0 Å². The first-order valence-electron chi connectivity index (χ1n) is 18.2. The maximum atomic E-state index is 15.2. The third-order valence-corrected chi connectivity index (χ3v) is 14.0. The summed E-state index contributed by atoms with van der Waals surface area (Å²) in [5.74, 6) is -1.45. The standard InChI is InChI=1S/C40H70N4O4S/c1-21(2)37(41,22(3)4)31-17-29(18-32(35(31)45)38(42,23(5)6)24(7)8)49(47,48)30-19-33(39(43,25(9)10)26(11)12)36(46)34(20-30)40(44,27(13)14)28(15)16/h17-28,45-46H,41-44H2,1-16H3. The van der Waals surface area contributed by atoms with Gasteiger partial charge in [-0.05, 0) is 71.6 Å². The van der Waals surface area contributed by atoms with E-state index >= 15 is 8.42 Å². The summed E-state index contributed by atoms with van der Waals surface area (Å²) in [6, 6.07) is 6.07. The fourth-order valence-electron chi connectivity index (χ4n) is 8.14. The molecule has 49 heavy (non-hydrogen) atoms. The van der Waals surface area contributed by atoms with Crippen LogP contribution in [-0.2, 0) is 32.0 Å². The van der Waals surface area contributed by atoms with Crippen LogP contribution < -0.4 is 22.9 Å². The van der Waals surface area contributed by atoms with Crippen LogP contribution in [0.4, 0.5) is 0 Å². The highest BCUT2D eigenvalue weighted by Gasteiger charge is 2.46. The molecule has 10 N–H and O–H groups in total. The third kappa shape index (κ3) is 6.79. The number of aromatic hydroxyl groups is 2. The monoisotopic (exact) mass is 703 g/mol. The maximum Gasteiger partial charge on any atom is 0.206 e. The number of nitrogens with two attached hydrogens (primary N) is 4. The van der Waals surface area contributed by atoms with E-state index in [4.69, 9.17) is 22.9 Å². The van der Waals surface area contributed by atoms with Crippen molar-refractivity contribution in [2.45, 2.75) is 143 Å². The Hall–Kier alpha value is -2.17. The predicted octanol–water partition coefficient (Wildman–Crippen LogP) is 7.79. The van der Waals surface area contributed by atoms with Crippen LogP contribution in [0, 0.1) is 47.3 Å². The molecule has 9 heteroatoms. The van der Waals surface area contributed by atoms with Crippen molar-refractivity contribution in [3.63, 3.8) is 0 Å². The van der Waals surface area contributed by atoms with Crippen LogP contribution in [0.1, 0.15) is 133 Å². The van der Waals surface area contributed by atoms with Gasteiger partial charge < -0.3 is 33.1 Å². The van der Waals surface area contributed by atoms with Gasteiger partial charge in [0.1, 0.15) is 11.5 Å². The topological polar surface area (TPSA) is 179 Å². The van der Waals surface area contributed by atoms with Crippen molar-refractivity contribution in [1.29, 1.82) is 0 Å². The van der Waals surface area contributed by atoms with Crippen LogP contribution in [0.2, 0.25) is 0 Å². The quantitative estimate of drug-likeness (QED) is 0.115. The Morgan fingerprint density at radius 3 is 0.673 bits per heavy atom. The molecule has 0 radical (unpaired) electrons. The minimum Gasteiger partial charge on any atom is -0.507 e. The van der Waals surface area contributed by atoms with Gasteiger partial charge in [0.25, 0.3) is 0 Å². The molecule has 0 unspecified atom stereocenters. The molecule has 0 spiro atoms. The lowest BCUT2D eigenvalue weighted by atomic mass is 9.68. The van der Waals surface area contributed by atoms with Gasteiger partial charge in [-0.1, -0.05) is 111 Å². The average Bonchev–Trinajstić information content (AvgIpc) is 2.98. The van der Waals surface area contributed by atoms with E-state index in [1.165, 1.54) is 24.3 Å². The van der Waals surface area contributed by atoms with Gasteiger partial charge in [0, 0.05) is 44.4 Å². The molecule has 0 aliphatic rings. The highest BCUT2D eigenvalue weighted by molar-refractivity contribution is 7.91. The summed E-state index contributed by atoms with van der Waals surface area (Å²) in [5.41, 5.74) is 25.7. The fraction of sp³-hybridized carbons (Fsp3) is 0.700. The van der Waals surface area contributed by atoms with Gasteiger partial charge in [0.15, 0.2) is 0 Å². The van der Waals surface area contributed by atoms with Gasteiger partial charge in [-0.3, -0.25) is 0 Å². The number of hydrogen-bond acceptors (Lipinski definition) is 8. The lowest BCUT2D eigenvalue weighted by Gasteiger charge is -2.43. The molecule has 0 saturated heterocycles. The Labute approximate surface area is 298 Å². The van der Waals surface area contributed by atoms with Crippen molar-refractivity contribution in [2.24, 2.45) is 70.3 Å². The number of rotatable bonds is 14. The first kappa shape index (κ1) is 43.0. The van der Waals surface area contributed by atoms with E-state index in [0.29, 0.717) is 22.3 Å². The largest absolute Gasteiger partial charge is 0.507 e. The summed E-state index contributed by atoms with van der Waals surface area (Å²) in [4.78, 5) is -0.0860. The number of phenols is 2. The van der Waals surface area contributed by atoms with Crippen molar-refractivity contribution in [3.8, 4) is 11.5 Å². The van der Waals surface area contributed by atoms with E-state index in [2.05, 4.69) is 0 Å². The van der Waals surface area contributed by atoms with Gasteiger partial charge in [-0.25, -0.2) is 8.42 Å². The molecule has 0 aliphatic carbocycles. The molecule has 0 aromatic heterocycles. The Morgan fingerprint density at radius 1 is 0.408 bits per heavy atom. The van der Waals surface area contributed by atoms with Crippen LogP contribution in [0.15, 0.2) is 34.1 Å². The molecule has 2 rings (SSSR count). The summed E-state index contributed by atoms with van der Waals surface area (Å²) in [7, 11) is -4.35. The Morgan fingerprint density at radius 2 is 0.551 bits per heavy atom. The van der Waals surface area contributed by atoms with E-state index in [9.17, 15) is 10.2 Å². The molecule has 0 atom stereocenters. The van der Waals surface area contributed by atoms with Crippen LogP contribution >= 0.6 is 0 Å². The average molecular weight is 703 g/mol. The molecule has 0 saturated carbocycles. The zero-order chi connectivity index (χ0) is 38.6. The van der Waals surface area contributed by atoms with E-state index in [1.54, 1.807) is 0 Å². The highest BCUT2D eigenvalue weighted by atomic mass is 32.2. The number of phenolic OH excluding ortho intramolecular Hbond substituents is 2. The van der Waals surface area contributed by atoms with Gasteiger partial charge >= 0.3 is 0 Å². The Kier molecular flexibility index (Phi) is 12.7. The normalized spacial score (nSPS) is 14.3. The second-order valence-corrected chi connectivity index (χ2v) is 19.2. The predicted molar refractivity (Wildman–Crippen MR) is 204 cm³/mol. The molecule has 0 amide bonds. The number of benzene rings is 2. The van der Waals surface area contributed by atoms with Crippen molar-refractivity contribution in [1.82, 2.24) is 0 Å². The summed E-state index contributed by atoms with van der Waals surface area (Å²) in [6.45, 7) is 31.5. The van der Waals surface area contributed by atoms with E-state index in [1.807, 2.05) is 111 Å². The zero-order valence-corrected chi connectivity index (χ0v) is 34.2. The summed E-state index contributed by atoms with van der Waals surface area (Å²) < 4.78 is 30.4. The first-order valence-corrected chi connectivity index (χ1v) is 19.7. The Bertz CT molecular complexity index is 1350. The molecule has 0 aliphatic heterocycles. The maximum absolute atomic E-state index is 15.2. The van der Waals surface area contributed by atoms with E-state index in [-0.39, 0.29) is 68.6 Å². The van der Waals surface area contributed by atoms with Crippen molar-refractivity contribution in [2.75, 3.05) is 0 Å². The second-order valence-electron chi connectivity index (χ2n) is 17.2. The minimum absolute atomic E-state index is 0.0430. The van der Waals surface area contributed by atoms with E-state index < -0.39 is 32.0 Å². The molecular formula is C40H70N4O4S. The summed E-state index contributed by atoms with van der Waals surface area (Å²) in [5, 5.41) is 24.2. The molecule has 0 fully saturated rings. The minimum atomic E-state index is -4.35. The van der Waals surface area contributed by atoms with Crippen LogP contribution in [0.3, 0.4) is 0 Å². The highest BCUT2D eigenvalue weighted by Crippen LogP contribution is 2.50. The van der Waals surface area contributed by atoms with Crippen LogP contribution in [0.25, 0.3) is 0 Å². The number of hydrogen-bond donors (Lipinski definition) is 6. The summed E-state index contributed by atoms with van der Waals surface area (Å²) >= 11 is 0. The lowest BCUT2D eigenvalue weighted by Crippen LogP contribution is -2.49. The van der Waals surface area contributed by atoms with Crippen molar-refractivity contribution in [3.05, 3.63) is 46.5 Å². The van der Waals surface area contributed by atoms with Crippen LogP contribution in [0.5, 0.6) is 11.5 Å². The molecule has 0 bridgehead atoms. The molecule has 280 valence electrons. The first-order chi connectivity index (χ1) is 22.0. The Balaban J connectivity index is 3.38. The van der Waals surface area contributed by atoms with Gasteiger partial charge in [0.05, 0.1) is 9.79 Å². The van der Waals surface area contributed by atoms with Crippen molar-refractivity contribution >= 4 is 9.84 Å². The smallest absolute Gasteiger partial charge is 0.206 e. The fourth-order valence-corrected chi connectivity index (χ4v) is 9.50.